The number of ketones is 1. The summed E-state index contributed by atoms with van der Waals surface area (Å²) in [5, 5.41) is 0. The van der Waals surface area contributed by atoms with Crippen molar-refractivity contribution in [2.24, 2.45) is 0 Å². The number of ether oxygens (including phenoxy) is 1. The fraction of sp³-hybridized carbons (Fsp3) is 0.150. The molecule has 0 atom stereocenters. The highest BCUT2D eigenvalue weighted by Crippen LogP contribution is 2.12. The molecule has 1 rings (SSSR count). The van der Waals surface area contributed by atoms with Gasteiger partial charge in [-0.05, 0) is 39.0 Å². The smallest absolute Gasteiger partial charge is 0.192 e. The highest BCUT2D eigenvalue weighted by atomic mass is 16.5. The van der Waals surface area contributed by atoms with Gasteiger partial charge < -0.3 is 4.74 Å². The first kappa shape index (κ1) is 17.4. The molecule has 0 saturated carbocycles. The molecule has 0 amide bonds. The molecule has 0 aliphatic heterocycles. The average molecular weight is 294 g/mol. The number of rotatable bonds is 7. The molecule has 114 valence electrons. The molecule has 1 aromatic rings. The van der Waals surface area contributed by atoms with Crippen molar-refractivity contribution in [3.05, 3.63) is 96.0 Å². The lowest BCUT2D eigenvalue weighted by molar-refractivity contribution is 0.103. The van der Waals surface area contributed by atoms with Crippen LogP contribution in [0.4, 0.5) is 0 Å². The van der Waals surface area contributed by atoms with Crippen LogP contribution in [0.25, 0.3) is 0 Å². The largest absolute Gasteiger partial charge is 0.463 e. The lowest BCUT2D eigenvalue weighted by Gasteiger charge is -2.05. The van der Waals surface area contributed by atoms with E-state index in [0.29, 0.717) is 16.9 Å². The second kappa shape index (κ2) is 9.35. The van der Waals surface area contributed by atoms with E-state index in [2.05, 4.69) is 6.58 Å². The molecule has 2 nitrogen and oxygen atoms in total. The van der Waals surface area contributed by atoms with Gasteiger partial charge >= 0.3 is 0 Å². The van der Waals surface area contributed by atoms with Gasteiger partial charge in [0.15, 0.2) is 5.78 Å². The Kier molecular flexibility index (Phi) is 7.41. The summed E-state index contributed by atoms with van der Waals surface area (Å²) in [6.07, 6.45) is 10.9. The van der Waals surface area contributed by atoms with Crippen molar-refractivity contribution >= 4 is 5.78 Å². The Morgan fingerprint density at radius 3 is 2.41 bits per heavy atom. The van der Waals surface area contributed by atoms with Crippen LogP contribution in [0.1, 0.15) is 31.1 Å². The number of carbonyl (C=O) groups excluding carboxylic acids is 1. The third kappa shape index (κ3) is 5.80. The average Bonchev–Trinajstić information content (AvgIpc) is 2.54. The molecule has 2 heteroatoms. The topological polar surface area (TPSA) is 26.3 Å². The fourth-order valence-electron chi connectivity index (χ4n) is 1.75. The first-order chi connectivity index (χ1) is 10.6. The van der Waals surface area contributed by atoms with Gasteiger partial charge in [-0.2, -0.15) is 0 Å². The Hall–Kier alpha value is -2.61. The molecule has 0 saturated heterocycles. The molecule has 22 heavy (non-hydrogen) atoms. The Labute approximate surface area is 132 Å². The summed E-state index contributed by atoms with van der Waals surface area (Å²) >= 11 is 0. The first-order valence-corrected chi connectivity index (χ1v) is 7.19. The predicted octanol–water partition coefficient (Wildman–Crippen LogP) is 5.38. The van der Waals surface area contributed by atoms with Crippen molar-refractivity contribution in [3.63, 3.8) is 0 Å². The molecule has 0 N–H and O–H groups in total. The van der Waals surface area contributed by atoms with E-state index in [1.165, 1.54) is 0 Å². The molecule has 0 spiro atoms. The molecule has 0 fully saturated rings. The Bertz CT molecular complexity index is 629. The van der Waals surface area contributed by atoms with E-state index in [1.54, 1.807) is 30.4 Å². The quantitative estimate of drug-likeness (QED) is 0.292. The van der Waals surface area contributed by atoms with Gasteiger partial charge in [-0.1, -0.05) is 55.1 Å². The number of hydrogen-bond acceptors (Lipinski definition) is 2. The van der Waals surface area contributed by atoms with Crippen LogP contribution < -0.4 is 0 Å². The van der Waals surface area contributed by atoms with Crippen molar-refractivity contribution < 1.29 is 9.53 Å². The van der Waals surface area contributed by atoms with Crippen LogP contribution in [-0.2, 0) is 4.74 Å². The predicted molar refractivity (Wildman–Crippen MR) is 92.5 cm³/mol. The van der Waals surface area contributed by atoms with Gasteiger partial charge in [0.2, 0.25) is 0 Å². The maximum atomic E-state index is 12.3. The molecule has 0 unspecified atom stereocenters. The molecule has 0 heterocycles. The minimum atomic E-state index is -0.0201. The van der Waals surface area contributed by atoms with Gasteiger partial charge in [0, 0.05) is 11.1 Å². The zero-order chi connectivity index (χ0) is 16.4. The van der Waals surface area contributed by atoms with Crippen LogP contribution in [0, 0.1) is 0 Å². The maximum Gasteiger partial charge on any atom is 0.192 e. The lowest BCUT2D eigenvalue weighted by Crippen LogP contribution is -2.01. The minimum Gasteiger partial charge on any atom is -0.463 e. The summed E-state index contributed by atoms with van der Waals surface area (Å²) in [5.41, 5.74) is 1.27. The van der Waals surface area contributed by atoms with Gasteiger partial charge in [-0.3, -0.25) is 4.79 Å². The summed E-state index contributed by atoms with van der Waals surface area (Å²) < 4.78 is 5.52. The van der Waals surface area contributed by atoms with Crippen molar-refractivity contribution in [2.75, 3.05) is 0 Å². The van der Waals surface area contributed by atoms with Gasteiger partial charge in [0.1, 0.15) is 11.5 Å². The number of allylic oxidation sites excluding steroid dienone is 8. The van der Waals surface area contributed by atoms with Gasteiger partial charge in [-0.25, -0.2) is 0 Å². The number of hydrogen-bond donors (Lipinski definition) is 0. The van der Waals surface area contributed by atoms with Crippen LogP contribution in [0.5, 0.6) is 0 Å². The van der Waals surface area contributed by atoms with Crippen LogP contribution in [0.15, 0.2) is 90.5 Å². The molecule has 0 aromatic heterocycles. The molecule has 0 radical (unpaired) electrons. The highest BCUT2D eigenvalue weighted by Gasteiger charge is 2.08. The second-order valence-electron chi connectivity index (χ2n) is 4.64. The van der Waals surface area contributed by atoms with Crippen LogP contribution in [-0.4, -0.2) is 5.78 Å². The summed E-state index contributed by atoms with van der Waals surface area (Å²) in [6, 6.07) is 9.19. The summed E-state index contributed by atoms with van der Waals surface area (Å²) in [4.78, 5) is 12.3. The SMILES string of the molecule is C=C(C=CC(=CC)C(=O)c1ccccc1)OC(C)=CC=CC. The summed E-state index contributed by atoms with van der Waals surface area (Å²) in [7, 11) is 0. The zero-order valence-corrected chi connectivity index (χ0v) is 13.4. The van der Waals surface area contributed by atoms with Gasteiger partial charge in [0.05, 0.1) is 0 Å². The zero-order valence-electron chi connectivity index (χ0n) is 13.4. The van der Waals surface area contributed by atoms with E-state index in [9.17, 15) is 4.79 Å². The summed E-state index contributed by atoms with van der Waals surface area (Å²) in [6.45, 7) is 9.45. The van der Waals surface area contributed by atoms with Crippen molar-refractivity contribution in [1.29, 1.82) is 0 Å². The monoisotopic (exact) mass is 294 g/mol. The van der Waals surface area contributed by atoms with Crippen LogP contribution >= 0.6 is 0 Å². The highest BCUT2D eigenvalue weighted by molar-refractivity contribution is 6.10. The second-order valence-corrected chi connectivity index (χ2v) is 4.64. The van der Waals surface area contributed by atoms with E-state index in [0.717, 1.165) is 5.76 Å². The molecule has 0 aliphatic rings. The summed E-state index contributed by atoms with van der Waals surface area (Å²) in [5.74, 6) is 1.20. The molecular weight excluding hydrogens is 272 g/mol. The minimum absolute atomic E-state index is 0.0201. The van der Waals surface area contributed by atoms with Crippen LogP contribution in [0.2, 0.25) is 0 Å². The Balaban J connectivity index is 2.74. The van der Waals surface area contributed by atoms with E-state index in [4.69, 9.17) is 4.74 Å². The Morgan fingerprint density at radius 2 is 1.82 bits per heavy atom. The Morgan fingerprint density at radius 1 is 1.14 bits per heavy atom. The molecule has 0 bridgehead atoms. The van der Waals surface area contributed by atoms with Crippen molar-refractivity contribution in [2.45, 2.75) is 20.8 Å². The molecule has 1 aromatic carbocycles. The molecule has 0 aliphatic carbocycles. The van der Waals surface area contributed by atoms with Crippen LogP contribution in [0.3, 0.4) is 0 Å². The molecular formula is C20H22O2. The van der Waals surface area contributed by atoms with Crippen molar-refractivity contribution in [3.8, 4) is 0 Å². The van der Waals surface area contributed by atoms with Gasteiger partial charge in [0.25, 0.3) is 0 Å². The fourth-order valence-corrected chi connectivity index (χ4v) is 1.75. The normalized spacial score (nSPS) is 12.9. The third-order valence-electron chi connectivity index (χ3n) is 2.87. The maximum absolute atomic E-state index is 12.3. The van der Waals surface area contributed by atoms with E-state index < -0.39 is 0 Å². The number of benzene rings is 1. The number of Topliss-reactive ketones (excluding diaryl/α,β-unsaturated/α-hetero) is 1. The van der Waals surface area contributed by atoms with E-state index in [-0.39, 0.29) is 5.78 Å². The number of carbonyl (C=O) groups is 1. The lowest BCUT2D eigenvalue weighted by atomic mass is 10.0. The standard InChI is InChI=1S/C20H22O2/c1-5-7-11-16(3)22-17(4)14-15-18(6-2)20(21)19-12-9-8-10-13-19/h5-15H,4H2,1-3H3. The first-order valence-electron chi connectivity index (χ1n) is 7.19. The van der Waals surface area contributed by atoms with Gasteiger partial charge in [-0.15, -0.1) is 0 Å². The van der Waals surface area contributed by atoms with Crippen molar-refractivity contribution in [1.82, 2.24) is 0 Å². The van der Waals surface area contributed by atoms with E-state index >= 15 is 0 Å². The third-order valence-corrected chi connectivity index (χ3v) is 2.87. The van der Waals surface area contributed by atoms with E-state index in [1.807, 2.05) is 57.2 Å².